The van der Waals surface area contributed by atoms with Crippen LogP contribution in [0.3, 0.4) is 0 Å². The quantitative estimate of drug-likeness (QED) is 0.811. The van der Waals surface area contributed by atoms with Gasteiger partial charge in [0.25, 0.3) is 0 Å². The van der Waals surface area contributed by atoms with Gasteiger partial charge in [-0.2, -0.15) is 0 Å². The van der Waals surface area contributed by atoms with Gasteiger partial charge < -0.3 is 20.5 Å². The number of anilines is 1. The lowest BCUT2D eigenvalue weighted by Gasteiger charge is -2.30. The minimum Gasteiger partial charge on any atom is -0.488 e. The van der Waals surface area contributed by atoms with Crippen molar-refractivity contribution >= 4 is 23.4 Å². The van der Waals surface area contributed by atoms with Gasteiger partial charge >= 0.3 is 6.09 Å². The second kappa shape index (κ2) is 7.30. The van der Waals surface area contributed by atoms with Crippen molar-refractivity contribution in [3.05, 3.63) is 23.2 Å². The summed E-state index contributed by atoms with van der Waals surface area (Å²) < 4.78 is 11.2. The van der Waals surface area contributed by atoms with E-state index < -0.39 is 5.60 Å². The molecule has 1 aliphatic carbocycles. The van der Waals surface area contributed by atoms with Crippen molar-refractivity contribution in [2.24, 2.45) is 0 Å². The van der Waals surface area contributed by atoms with Crippen LogP contribution in [0.4, 0.5) is 10.5 Å². The molecule has 1 saturated carbocycles. The maximum absolute atomic E-state index is 11.8. The minimum atomic E-state index is -0.476. The van der Waals surface area contributed by atoms with Gasteiger partial charge in [0.1, 0.15) is 11.4 Å². The zero-order valence-corrected chi connectivity index (χ0v) is 14.7. The van der Waals surface area contributed by atoms with Crippen molar-refractivity contribution in [1.29, 1.82) is 0 Å². The van der Waals surface area contributed by atoms with E-state index in [9.17, 15) is 4.79 Å². The summed E-state index contributed by atoms with van der Waals surface area (Å²) in [7, 11) is 0. The van der Waals surface area contributed by atoms with Crippen molar-refractivity contribution in [1.82, 2.24) is 5.32 Å². The van der Waals surface area contributed by atoms with E-state index in [1.54, 1.807) is 18.2 Å². The summed E-state index contributed by atoms with van der Waals surface area (Å²) in [6, 6.07) is 5.38. The van der Waals surface area contributed by atoms with E-state index in [2.05, 4.69) is 5.32 Å². The van der Waals surface area contributed by atoms with Crippen LogP contribution in [0.5, 0.6) is 5.75 Å². The Bertz CT molecular complexity index is 549. The Morgan fingerprint density at radius 2 is 1.91 bits per heavy atom. The number of alkyl carbamates (subject to hydrolysis) is 1. The van der Waals surface area contributed by atoms with Crippen LogP contribution < -0.4 is 15.8 Å². The van der Waals surface area contributed by atoms with Gasteiger partial charge in [0.2, 0.25) is 0 Å². The number of nitrogens with two attached hydrogens (primary N) is 1. The molecule has 0 aliphatic heterocycles. The lowest BCUT2D eigenvalue weighted by molar-refractivity contribution is 0.0471. The van der Waals surface area contributed by atoms with Crippen molar-refractivity contribution in [3.63, 3.8) is 0 Å². The topological polar surface area (TPSA) is 73.6 Å². The normalized spacial score (nSPS) is 21.6. The van der Waals surface area contributed by atoms with Crippen molar-refractivity contribution < 1.29 is 14.3 Å². The summed E-state index contributed by atoms with van der Waals surface area (Å²) in [5.41, 5.74) is 5.98. The fourth-order valence-electron chi connectivity index (χ4n) is 2.61. The summed E-state index contributed by atoms with van der Waals surface area (Å²) in [4.78, 5) is 11.8. The second-order valence-corrected chi connectivity index (χ2v) is 7.36. The monoisotopic (exact) mass is 340 g/mol. The first-order valence-electron chi connectivity index (χ1n) is 7.94. The molecule has 0 saturated heterocycles. The molecule has 6 heteroatoms. The number of halogens is 1. The van der Waals surface area contributed by atoms with Gasteiger partial charge in [-0.1, -0.05) is 11.6 Å². The van der Waals surface area contributed by atoms with Crippen LogP contribution in [-0.2, 0) is 4.74 Å². The number of ether oxygens (including phenoxy) is 2. The number of nitrogen functional groups attached to an aromatic ring is 1. The van der Waals surface area contributed by atoms with Crippen LogP contribution in [0.2, 0.25) is 5.02 Å². The molecule has 23 heavy (non-hydrogen) atoms. The highest BCUT2D eigenvalue weighted by Crippen LogP contribution is 2.29. The fraction of sp³-hybridized carbons (Fsp3) is 0.588. The first-order chi connectivity index (χ1) is 10.7. The van der Waals surface area contributed by atoms with Gasteiger partial charge in [0.15, 0.2) is 0 Å². The number of carbonyl (C=O) groups excluding carboxylic acids is 1. The molecule has 0 aromatic heterocycles. The molecule has 0 atom stereocenters. The Hall–Kier alpha value is -1.62. The molecule has 1 aliphatic rings. The van der Waals surface area contributed by atoms with Crippen LogP contribution in [0, 0.1) is 0 Å². The predicted octanol–water partition coefficient (Wildman–Crippen LogP) is 4.14. The first kappa shape index (κ1) is 17.7. The number of rotatable bonds is 3. The third-order valence-corrected chi connectivity index (χ3v) is 3.90. The Labute approximate surface area is 142 Å². The molecular formula is C17H25ClN2O3. The smallest absolute Gasteiger partial charge is 0.407 e. The molecule has 2 rings (SSSR count). The van der Waals surface area contributed by atoms with Gasteiger partial charge in [-0.25, -0.2) is 4.79 Å². The Morgan fingerprint density at radius 3 is 2.48 bits per heavy atom. The molecule has 1 aromatic carbocycles. The number of hydrogen-bond acceptors (Lipinski definition) is 4. The maximum Gasteiger partial charge on any atom is 0.407 e. The van der Waals surface area contributed by atoms with E-state index in [-0.39, 0.29) is 18.2 Å². The van der Waals surface area contributed by atoms with Crippen LogP contribution >= 0.6 is 11.6 Å². The molecular weight excluding hydrogens is 316 g/mol. The molecule has 128 valence electrons. The molecule has 0 radical (unpaired) electrons. The molecule has 1 fully saturated rings. The van der Waals surface area contributed by atoms with Crippen LogP contribution in [-0.4, -0.2) is 23.8 Å². The molecule has 1 amide bonds. The van der Waals surface area contributed by atoms with Crippen LogP contribution in [0.15, 0.2) is 18.2 Å². The number of nitrogens with one attached hydrogen (secondary N) is 1. The summed E-state index contributed by atoms with van der Waals surface area (Å²) in [6.07, 6.45) is 3.19. The van der Waals surface area contributed by atoms with E-state index >= 15 is 0 Å². The Balaban J connectivity index is 1.79. The molecule has 0 unspecified atom stereocenters. The molecule has 1 aromatic rings. The first-order valence-corrected chi connectivity index (χ1v) is 8.32. The fourth-order valence-corrected chi connectivity index (χ4v) is 2.79. The highest BCUT2D eigenvalue weighted by molar-refractivity contribution is 6.30. The Kier molecular flexibility index (Phi) is 5.63. The van der Waals surface area contributed by atoms with Gasteiger partial charge in [0, 0.05) is 11.1 Å². The summed E-state index contributed by atoms with van der Waals surface area (Å²) in [6.45, 7) is 5.57. The molecule has 5 nitrogen and oxygen atoms in total. The zero-order valence-electron chi connectivity index (χ0n) is 13.9. The lowest BCUT2D eigenvalue weighted by Crippen LogP contribution is -2.42. The highest BCUT2D eigenvalue weighted by Gasteiger charge is 2.26. The van der Waals surface area contributed by atoms with Crippen molar-refractivity contribution in [2.75, 3.05) is 5.73 Å². The van der Waals surface area contributed by atoms with Crippen molar-refractivity contribution in [2.45, 2.75) is 64.2 Å². The Morgan fingerprint density at radius 1 is 1.26 bits per heavy atom. The highest BCUT2D eigenvalue weighted by atomic mass is 35.5. The van der Waals surface area contributed by atoms with E-state index in [0.717, 1.165) is 25.7 Å². The average molecular weight is 341 g/mol. The van der Waals surface area contributed by atoms with Gasteiger partial charge in [-0.3, -0.25) is 0 Å². The van der Waals surface area contributed by atoms with Crippen molar-refractivity contribution in [3.8, 4) is 5.75 Å². The number of hydrogen-bond donors (Lipinski definition) is 2. The minimum absolute atomic E-state index is 0.107. The van der Waals surface area contributed by atoms with E-state index in [4.69, 9.17) is 26.8 Å². The number of amides is 1. The maximum atomic E-state index is 11.8. The molecule has 3 N–H and O–H groups in total. The van der Waals surface area contributed by atoms with Gasteiger partial charge in [0.05, 0.1) is 11.8 Å². The largest absolute Gasteiger partial charge is 0.488 e. The van der Waals surface area contributed by atoms with Gasteiger partial charge in [-0.05, 0) is 64.7 Å². The van der Waals surface area contributed by atoms with Crippen LogP contribution in [0.25, 0.3) is 0 Å². The van der Waals surface area contributed by atoms with Crippen LogP contribution in [0.1, 0.15) is 46.5 Å². The third-order valence-electron chi connectivity index (χ3n) is 3.66. The summed E-state index contributed by atoms with van der Waals surface area (Å²) in [5.74, 6) is 0.665. The SMILES string of the molecule is CC(C)(C)OC(=O)NC1CCC(Oc2ccc(Cl)cc2N)CC1. The lowest BCUT2D eigenvalue weighted by atomic mass is 9.93. The van der Waals surface area contributed by atoms with E-state index in [1.807, 2.05) is 20.8 Å². The zero-order chi connectivity index (χ0) is 17.0. The number of carbonyl (C=O) groups is 1. The summed E-state index contributed by atoms with van der Waals surface area (Å²) >= 11 is 5.89. The molecule has 0 spiro atoms. The predicted molar refractivity (Wildman–Crippen MR) is 91.9 cm³/mol. The number of benzene rings is 1. The second-order valence-electron chi connectivity index (χ2n) is 6.92. The van der Waals surface area contributed by atoms with E-state index in [0.29, 0.717) is 16.5 Å². The third kappa shape index (κ3) is 5.82. The average Bonchev–Trinajstić information content (AvgIpc) is 2.42. The standard InChI is InChI=1S/C17H25ClN2O3/c1-17(2,3)23-16(21)20-12-5-7-13(8-6-12)22-15-9-4-11(18)10-14(15)19/h4,9-10,12-13H,5-8,19H2,1-3H3,(H,20,21). The summed E-state index contributed by atoms with van der Waals surface area (Å²) in [5, 5.41) is 3.52. The van der Waals surface area contributed by atoms with E-state index in [1.165, 1.54) is 0 Å². The molecule has 0 bridgehead atoms. The van der Waals surface area contributed by atoms with Gasteiger partial charge in [-0.15, -0.1) is 0 Å². The molecule has 0 heterocycles.